The maximum Gasteiger partial charge on any atom is 0.343 e. The number of carbonyl (C=O) groups excluding carboxylic acids is 1. The fraction of sp³-hybridized carbons (Fsp3) is 0.0833. The van der Waals surface area contributed by atoms with E-state index < -0.39 is 5.97 Å². The summed E-state index contributed by atoms with van der Waals surface area (Å²) in [6.45, 7) is 7.38. The van der Waals surface area contributed by atoms with Crippen LogP contribution >= 0.6 is 0 Å². The van der Waals surface area contributed by atoms with Crippen LogP contribution in [-0.2, 0) is 12.8 Å². The molecule has 3 aromatic rings. The first-order chi connectivity index (χ1) is 14.1. The monoisotopic (exact) mass is 381 g/mol. The second kappa shape index (κ2) is 9.25. The van der Waals surface area contributed by atoms with Crippen molar-refractivity contribution >= 4 is 5.97 Å². The van der Waals surface area contributed by atoms with Gasteiger partial charge in [0.2, 0.25) is 0 Å². The van der Waals surface area contributed by atoms with Crippen molar-refractivity contribution in [1.82, 2.24) is 9.97 Å². The van der Waals surface area contributed by atoms with Gasteiger partial charge in [-0.25, -0.2) is 14.8 Å². The van der Waals surface area contributed by atoms with E-state index >= 15 is 0 Å². The number of nitriles is 1. The van der Waals surface area contributed by atoms with Gasteiger partial charge in [-0.15, -0.1) is 13.2 Å². The predicted molar refractivity (Wildman–Crippen MR) is 111 cm³/mol. The third-order valence-corrected chi connectivity index (χ3v) is 4.21. The van der Waals surface area contributed by atoms with Gasteiger partial charge in [-0.3, -0.25) is 0 Å². The van der Waals surface area contributed by atoms with Gasteiger partial charge in [0.05, 0.1) is 11.1 Å². The van der Waals surface area contributed by atoms with Gasteiger partial charge in [0.15, 0.2) is 5.82 Å². The van der Waals surface area contributed by atoms with E-state index in [-0.39, 0.29) is 5.75 Å². The molecular formula is C24H19N3O2. The molecule has 1 heterocycles. The average molecular weight is 381 g/mol. The first kappa shape index (κ1) is 19.7. The highest BCUT2D eigenvalue weighted by molar-refractivity contribution is 5.91. The number of nitrogens with zero attached hydrogens (tertiary/aromatic N) is 3. The van der Waals surface area contributed by atoms with E-state index in [4.69, 9.17) is 4.74 Å². The van der Waals surface area contributed by atoms with Crippen LogP contribution in [-0.4, -0.2) is 15.9 Å². The molecule has 2 aromatic carbocycles. The number of benzene rings is 2. The van der Waals surface area contributed by atoms with Gasteiger partial charge in [0.1, 0.15) is 11.8 Å². The summed E-state index contributed by atoms with van der Waals surface area (Å²) in [5, 5.41) is 9.32. The van der Waals surface area contributed by atoms with Gasteiger partial charge in [-0.1, -0.05) is 30.4 Å². The van der Waals surface area contributed by atoms with Gasteiger partial charge in [0.25, 0.3) is 0 Å². The molecule has 0 unspecified atom stereocenters. The molecule has 0 amide bonds. The van der Waals surface area contributed by atoms with Crippen LogP contribution in [0.2, 0.25) is 0 Å². The fourth-order valence-corrected chi connectivity index (χ4v) is 2.74. The number of aromatic nitrogens is 2. The lowest BCUT2D eigenvalue weighted by atomic mass is 10.1. The zero-order chi connectivity index (χ0) is 20.6. The lowest BCUT2D eigenvalue weighted by molar-refractivity contribution is 0.0734. The highest BCUT2D eigenvalue weighted by Gasteiger charge is 2.13. The minimum Gasteiger partial charge on any atom is -0.422 e. The van der Waals surface area contributed by atoms with E-state index in [1.165, 1.54) is 0 Å². The van der Waals surface area contributed by atoms with Crippen molar-refractivity contribution in [1.29, 1.82) is 5.26 Å². The van der Waals surface area contributed by atoms with Crippen molar-refractivity contribution in [3.8, 4) is 23.2 Å². The van der Waals surface area contributed by atoms with Gasteiger partial charge < -0.3 is 4.74 Å². The molecule has 3 rings (SSSR count). The number of hydrogen-bond donors (Lipinski definition) is 0. The summed E-state index contributed by atoms with van der Waals surface area (Å²) in [4.78, 5) is 21.1. The first-order valence-electron chi connectivity index (χ1n) is 9.03. The van der Waals surface area contributed by atoms with Crippen molar-refractivity contribution in [2.45, 2.75) is 12.8 Å². The number of carbonyl (C=O) groups is 1. The Labute approximate surface area is 169 Å². The van der Waals surface area contributed by atoms with E-state index in [0.29, 0.717) is 29.8 Å². The van der Waals surface area contributed by atoms with Crippen molar-refractivity contribution in [2.24, 2.45) is 0 Å². The Bertz CT molecular complexity index is 1080. The van der Waals surface area contributed by atoms with Crippen LogP contribution < -0.4 is 4.74 Å². The largest absolute Gasteiger partial charge is 0.422 e. The summed E-state index contributed by atoms with van der Waals surface area (Å²) in [7, 11) is 0. The molecular weight excluding hydrogens is 362 g/mol. The summed E-state index contributed by atoms with van der Waals surface area (Å²) < 4.78 is 5.42. The van der Waals surface area contributed by atoms with Crippen LogP contribution in [0.25, 0.3) is 11.4 Å². The fourth-order valence-electron chi connectivity index (χ4n) is 2.74. The van der Waals surface area contributed by atoms with Crippen molar-refractivity contribution in [3.05, 3.63) is 102 Å². The van der Waals surface area contributed by atoms with Gasteiger partial charge in [0, 0.05) is 18.0 Å². The molecule has 0 aliphatic heterocycles. The van der Waals surface area contributed by atoms with E-state index in [1.807, 2.05) is 6.07 Å². The zero-order valence-corrected chi connectivity index (χ0v) is 15.8. The van der Waals surface area contributed by atoms with Gasteiger partial charge >= 0.3 is 5.97 Å². The van der Waals surface area contributed by atoms with Crippen LogP contribution in [0.3, 0.4) is 0 Å². The number of rotatable bonds is 7. The third-order valence-electron chi connectivity index (χ3n) is 4.21. The topological polar surface area (TPSA) is 75.9 Å². The lowest BCUT2D eigenvalue weighted by Crippen LogP contribution is -2.09. The van der Waals surface area contributed by atoms with Gasteiger partial charge in [-0.05, 0) is 48.2 Å². The molecule has 0 aliphatic rings. The summed E-state index contributed by atoms with van der Waals surface area (Å²) in [6, 6.07) is 14.0. The maximum absolute atomic E-state index is 12.5. The molecule has 0 fully saturated rings. The van der Waals surface area contributed by atoms with Crippen molar-refractivity contribution in [3.63, 3.8) is 0 Å². The zero-order valence-electron chi connectivity index (χ0n) is 15.8. The third kappa shape index (κ3) is 4.82. The smallest absolute Gasteiger partial charge is 0.343 e. The highest BCUT2D eigenvalue weighted by Crippen LogP contribution is 2.22. The summed E-state index contributed by atoms with van der Waals surface area (Å²) >= 11 is 0. The standard InChI is InChI=1S/C24H19N3O2/c1-3-5-17-7-12-22(21(13-17)14-25)29-24(28)20-10-8-19(9-11-20)23-26-15-18(6-4-2)16-27-23/h3-4,7-13,15-16H,1-2,5-6H2. The quantitative estimate of drug-likeness (QED) is 0.337. The van der Waals surface area contributed by atoms with E-state index in [0.717, 1.165) is 16.7 Å². The Kier molecular flexibility index (Phi) is 6.29. The molecule has 5 heteroatoms. The van der Waals surface area contributed by atoms with Crippen LogP contribution in [0.1, 0.15) is 27.0 Å². The molecule has 0 saturated heterocycles. The molecule has 0 atom stereocenters. The Morgan fingerprint density at radius 2 is 1.66 bits per heavy atom. The van der Waals surface area contributed by atoms with E-state index in [1.54, 1.807) is 60.9 Å². The average Bonchev–Trinajstić information content (AvgIpc) is 2.76. The number of ether oxygens (including phenoxy) is 1. The Morgan fingerprint density at radius 1 is 1.00 bits per heavy atom. The minimum absolute atomic E-state index is 0.232. The molecule has 0 radical (unpaired) electrons. The summed E-state index contributed by atoms with van der Waals surface area (Å²) in [5.41, 5.74) is 3.38. The number of esters is 1. The Balaban J connectivity index is 1.74. The van der Waals surface area contributed by atoms with Gasteiger partial charge in [-0.2, -0.15) is 5.26 Å². The summed E-state index contributed by atoms with van der Waals surface area (Å²) in [6.07, 6.45) is 8.41. The highest BCUT2D eigenvalue weighted by atomic mass is 16.5. The minimum atomic E-state index is -0.535. The molecule has 0 aliphatic carbocycles. The Morgan fingerprint density at radius 3 is 2.28 bits per heavy atom. The van der Waals surface area contributed by atoms with Crippen LogP contribution in [0, 0.1) is 11.3 Å². The molecule has 0 saturated carbocycles. The Hall–Kier alpha value is -4.04. The second-order valence-corrected chi connectivity index (χ2v) is 6.31. The van der Waals surface area contributed by atoms with Crippen LogP contribution in [0.4, 0.5) is 0 Å². The molecule has 0 spiro atoms. The molecule has 0 bridgehead atoms. The summed E-state index contributed by atoms with van der Waals surface area (Å²) in [5.74, 6) is 0.268. The maximum atomic E-state index is 12.5. The van der Waals surface area contributed by atoms with Crippen molar-refractivity contribution < 1.29 is 9.53 Å². The molecule has 5 nitrogen and oxygen atoms in total. The SMILES string of the molecule is C=CCc1cnc(-c2ccc(C(=O)Oc3ccc(CC=C)cc3C#N)cc2)nc1. The molecule has 142 valence electrons. The molecule has 0 N–H and O–H groups in total. The number of hydrogen-bond acceptors (Lipinski definition) is 5. The van der Waals surface area contributed by atoms with E-state index in [9.17, 15) is 10.1 Å². The number of allylic oxidation sites excluding steroid dienone is 2. The normalized spacial score (nSPS) is 10.0. The van der Waals surface area contributed by atoms with Crippen LogP contribution in [0.15, 0.2) is 80.2 Å². The first-order valence-corrected chi connectivity index (χ1v) is 9.03. The van der Waals surface area contributed by atoms with Crippen LogP contribution in [0.5, 0.6) is 5.75 Å². The molecule has 29 heavy (non-hydrogen) atoms. The lowest BCUT2D eigenvalue weighted by Gasteiger charge is -2.08. The predicted octanol–water partition coefficient (Wildman–Crippen LogP) is 4.69. The van der Waals surface area contributed by atoms with Crippen molar-refractivity contribution in [2.75, 3.05) is 0 Å². The molecule has 1 aromatic heterocycles. The van der Waals surface area contributed by atoms with E-state index in [2.05, 4.69) is 29.2 Å². The second-order valence-electron chi connectivity index (χ2n) is 6.31.